The van der Waals surface area contributed by atoms with E-state index in [0.717, 1.165) is 55.8 Å². The van der Waals surface area contributed by atoms with Crippen LogP contribution in [0.4, 0.5) is 5.69 Å². The fraction of sp³-hybridized carbons (Fsp3) is 0.458. The zero-order valence-corrected chi connectivity index (χ0v) is 20.1. The first-order valence-corrected chi connectivity index (χ1v) is 12.7. The molecule has 0 bridgehead atoms. The van der Waals surface area contributed by atoms with E-state index in [1.54, 1.807) is 19.1 Å². The van der Waals surface area contributed by atoms with Crippen molar-refractivity contribution >= 4 is 21.6 Å². The Morgan fingerprint density at radius 2 is 1.78 bits per heavy atom. The van der Waals surface area contributed by atoms with Crippen molar-refractivity contribution in [1.82, 2.24) is 10.2 Å². The lowest BCUT2D eigenvalue weighted by atomic mass is 10.1. The van der Waals surface area contributed by atoms with Crippen LogP contribution < -0.4 is 9.62 Å². The van der Waals surface area contributed by atoms with Gasteiger partial charge in [0.15, 0.2) is 0 Å². The van der Waals surface area contributed by atoms with Gasteiger partial charge in [-0.25, -0.2) is 8.42 Å². The molecular formula is C24H33N3O4S. The van der Waals surface area contributed by atoms with E-state index in [4.69, 9.17) is 4.74 Å². The monoisotopic (exact) mass is 459 g/mol. The number of hydrogen-bond donors (Lipinski definition) is 1. The molecular weight excluding hydrogens is 426 g/mol. The van der Waals surface area contributed by atoms with Gasteiger partial charge in [0.2, 0.25) is 15.9 Å². The van der Waals surface area contributed by atoms with Crippen molar-refractivity contribution in [3.05, 3.63) is 64.7 Å². The van der Waals surface area contributed by atoms with Gasteiger partial charge < -0.3 is 10.1 Å². The number of anilines is 1. The molecule has 8 heteroatoms. The molecule has 1 fully saturated rings. The summed E-state index contributed by atoms with van der Waals surface area (Å²) in [5, 5.41) is 2.90. The number of aryl methyl sites for hydroxylation is 2. The lowest BCUT2D eigenvalue weighted by Gasteiger charge is -2.29. The van der Waals surface area contributed by atoms with Crippen molar-refractivity contribution in [1.29, 1.82) is 0 Å². The predicted molar refractivity (Wildman–Crippen MR) is 127 cm³/mol. The van der Waals surface area contributed by atoms with Gasteiger partial charge in [-0.2, -0.15) is 0 Å². The van der Waals surface area contributed by atoms with Gasteiger partial charge in [0.05, 0.1) is 25.2 Å². The summed E-state index contributed by atoms with van der Waals surface area (Å²) < 4.78 is 31.6. The molecule has 1 aliphatic rings. The van der Waals surface area contributed by atoms with Crippen molar-refractivity contribution in [2.24, 2.45) is 0 Å². The molecule has 3 rings (SSSR count). The summed E-state index contributed by atoms with van der Waals surface area (Å²) in [5.74, 6) is -0.341. The SMILES string of the molecule is Cc1ccc(N(C(C)C(=O)NCc2cccc(CN3CCOCC3)c2)S(C)(=O)=O)cc1C. The molecule has 174 valence electrons. The zero-order valence-electron chi connectivity index (χ0n) is 19.3. The normalized spacial score (nSPS) is 15.9. The number of amides is 1. The summed E-state index contributed by atoms with van der Waals surface area (Å²) in [6, 6.07) is 12.6. The third-order valence-electron chi connectivity index (χ3n) is 5.80. The topological polar surface area (TPSA) is 79.0 Å². The first-order chi connectivity index (χ1) is 15.1. The first kappa shape index (κ1) is 24.2. The van der Waals surface area contributed by atoms with Crippen LogP contribution >= 0.6 is 0 Å². The van der Waals surface area contributed by atoms with Crippen LogP contribution in [0.1, 0.15) is 29.2 Å². The Balaban J connectivity index is 1.67. The molecule has 1 N–H and O–H groups in total. The highest BCUT2D eigenvalue weighted by atomic mass is 32.2. The number of sulfonamides is 1. The second kappa shape index (κ2) is 10.5. The number of benzene rings is 2. The largest absolute Gasteiger partial charge is 0.379 e. The molecule has 1 atom stereocenters. The van der Waals surface area contributed by atoms with Gasteiger partial charge in [-0.3, -0.25) is 14.0 Å². The molecule has 2 aromatic carbocycles. The lowest BCUT2D eigenvalue weighted by molar-refractivity contribution is -0.122. The van der Waals surface area contributed by atoms with Crippen molar-refractivity contribution in [2.75, 3.05) is 36.9 Å². The van der Waals surface area contributed by atoms with E-state index >= 15 is 0 Å². The highest BCUT2D eigenvalue weighted by Gasteiger charge is 2.29. The van der Waals surface area contributed by atoms with Gasteiger partial charge in [0.25, 0.3) is 0 Å². The van der Waals surface area contributed by atoms with E-state index in [9.17, 15) is 13.2 Å². The van der Waals surface area contributed by atoms with Gasteiger partial charge >= 0.3 is 0 Å². The molecule has 1 unspecified atom stereocenters. The molecule has 0 radical (unpaired) electrons. The summed E-state index contributed by atoms with van der Waals surface area (Å²) in [4.78, 5) is 15.2. The van der Waals surface area contributed by atoms with Crippen molar-refractivity contribution in [3.63, 3.8) is 0 Å². The maximum Gasteiger partial charge on any atom is 0.243 e. The summed E-state index contributed by atoms with van der Waals surface area (Å²) in [7, 11) is -3.64. The van der Waals surface area contributed by atoms with Gasteiger partial charge in [0, 0.05) is 26.2 Å². The minimum Gasteiger partial charge on any atom is -0.379 e. The number of rotatable bonds is 8. The Labute approximate surface area is 191 Å². The van der Waals surface area contributed by atoms with E-state index in [0.29, 0.717) is 12.2 Å². The second-order valence-corrected chi connectivity index (χ2v) is 10.3. The number of carbonyl (C=O) groups excluding carboxylic acids is 1. The predicted octanol–water partition coefficient (Wildman–Crippen LogP) is 2.61. The number of hydrogen-bond acceptors (Lipinski definition) is 5. The van der Waals surface area contributed by atoms with Crippen LogP contribution in [-0.2, 0) is 32.6 Å². The molecule has 0 spiro atoms. The third kappa shape index (κ3) is 6.31. The molecule has 1 heterocycles. The Morgan fingerprint density at radius 3 is 2.44 bits per heavy atom. The Hall–Kier alpha value is -2.42. The Kier molecular flexibility index (Phi) is 7.92. The standard InChI is InChI=1S/C24H33N3O4S/c1-18-8-9-23(14-19(18)2)27(32(4,29)30)20(3)24(28)25-16-21-6-5-7-22(15-21)17-26-10-12-31-13-11-26/h5-9,14-15,20H,10-13,16-17H2,1-4H3,(H,25,28). The second-order valence-electron chi connectivity index (χ2n) is 8.43. The van der Waals surface area contributed by atoms with Crippen LogP contribution in [0, 0.1) is 13.8 Å². The van der Waals surface area contributed by atoms with E-state index < -0.39 is 16.1 Å². The molecule has 0 aromatic heterocycles. The van der Waals surface area contributed by atoms with E-state index in [2.05, 4.69) is 22.3 Å². The number of ether oxygens (including phenoxy) is 1. The van der Waals surface area contributed by atoms with Crippen molar-refractivity contribution in [2.45, 2.75) is 39.9 Å². The number of nitrogens with zero attached hydrogens (tertiary/aromatic N) is 2. The molecule has 0 aliphatic carbocycles. The van der Waals surface area contributed by atoms with Gasteiger partial charge in [-0.15, -0.1) is 0 Å². The van der Waals surface area contributed by atoms with Crippen LogP contribution in [0.15, 0.2) is 42.5 Å². The average Bonchev–Trinajstić information content (AvgIpc) is 2.74. The zero-order chi connectivity index (χ0) is 23.3. The molecule has 1 saturated heterocycles. The van der Waals surface area contributed by atoms with Crippen LogP contribution in [0.2, 0.25) is 0 Å². The summed E-state index contributed by atoms with van der Waals surface area (Å²) in [6.07, 6.45) is 1.13. The molecule has 0 saturated carbocycles. The molecule has 1 aliphatic heterocycles. The summed E-state index contributed by atoms with van der Waals surface area (Å²) in [5.41, 5.74) is 4.69. The van der Waals surface area contributed by atoms with Crippen LogP contribution in [0.3, 0.4) is 0 Å². The summed E-state index contributed by atoms with van der Waals surface area (Å²) >= 11 is 0. The quantitative estimate of drug-likeness (QED) is 0.657. The Bertz CT molecular complexity index is 1050. The summed E-state index contributed by atoms with van der Waals surface area (Å²) in [6.45, 7) is 10.0. The van der Waals surface area contributed by atoms with Gasteiger partial charge in [0.1, 0.15) is 6.04 Å². The fourth-order valence-electron chi connectivity index (χ4n) is 3.86. The van der Waals surface area contributed by atoms with Gasteiger partial charge in [-0.05, 0) is 55.2 Å². The van der Waals surface area contributed by atoms with Crippen LogP contribution in [0.5, 0.6) is 0 Å². The number of carbonyl (C=O) groups is 1. The first-order valence-electron chi connectivity index (χ1n) is 10.9. The molecule has 32 heavy (non-hydrogen) atoms. The molecule has 1 amide bonds. The smallest absolute Gasteiger partial charge is 0.243 e. The van der Waals surface area contributed by atoms with E-state index in [1.807, 2.05) is 32.0 Å². The highest BCUT2D eigenvalue weighted by Crippen LogP contribution is 2.24. The number of nitrogens with one attached hydrogen (secondary N) is 1. The third-order valence-corrected chi connectivity index (χ3v) is 7.04. The molecule has 2 aromatic rings. The highest BCUT2D eigenvalue weighted by molar-refractivity contribution is 7.92. The minimum absolute atomic E-state index is 0.338. The van der Waals surface area contributed by atoms with Crippen LogP contribution in [0.25, 0.3) is 0 Å². The fourth-order valence-corrected chi connectivity index (χ4v) is 5.03. The van der Waals surface area contributed by atoms with Crippen molar-refractivity contribution < 1.29 is 17.9 Å². The van der Waals surface area contributed by atoms with E-state index in [1.165, 1.54) is 9.87 Å². The van der Waals surface area contributed by atoms with Crippen LogP contribution in [-0.4, -0.2) is 57.8 Å². The van der Waals surface area contributed by atoms with E-state index in [-0.39, 0.29) is 5.91 Å². The lowest BCUT2D eigenvalue weighted by Crippen LogP contribution is -2.47. The molecule has 7 nitrogen and oxygen atoms in total. The average molecular weight is 460 g/mol. The van der Waals surface area contributed by atoms with Crippen molar-refractivity contribution in [3.8, 4) is 0 Å². The Morgan fingerprint density at radius 1 is 1.09 bits per heavy atom. The van der Waals surface area contributed by atoms with Gasteiger partial charge in [-0.1, -0.05) is 30.3 Å². The maximum absolute atomic E-state index is 12.9. The maximum atomic E-state index is 12.9. The minimum atomic E-state index is -3.64. The number of morpholine rings is 1.